The highest BCUT2D eigenvalue weighted by Gasteiger charge is 2.33. The highest BCUT2D eigenvalue weighted by atomic mass is 19.4. The maximum absolute atomic E-state index is 12.8. The standard InChI is InChI=1S/C14H20F3NO/c1-11(18-9-5-2-6-10-19)12-7-3-4-8-13(12)14(15,16)17/h3-4,7-8,11,18-19H,2,5-6,9-10H2,1H3. The first-order chi connectivity index (χ1) is 8.96. The molecule has 5 heteroatoms. The molecule has 2 N–H and O–H groups in total. The molecule has 0 saturated heterocycles. The van der Waals surface area contributed by atoms with Gasteiger partial charge in [0.25, 0.3) is 0 Å². The van der Waals surface area contributed by atoms with Crippen molar-refractivity contribution < 1.29 is 18.3 Å². The van der Waals surface area contributed by atoms with Crippen molar-refractivity contribution in [2.24, 2.45) is 0 Å². The van der Waals surface area contributed by atoms with E-state index in [1.165, 1.54) is 12.1 Å². The fraction of sp³-hybridized carbons (Fsp3) is 0.571. The summed E-state index contributed by atoms with van der Waals surface area (Å²) in [5, 5.41) is 11.7. The highest BCUT2D eigenvalue weighted by molar-refractivity contribution is 5.31. The van der Waals surface area contributed by atoms with Gasteiger partial charge < -0.3 is 10.4 Å². The number of aliphatic hydroxyl groups is 1. The second-order valence-electron chi connectivity index (χ2n) is 4.55. The van der Waals surface area contributed by atoms with Crippen LogP contribution in [-0.4, -0.2) is 18.3 Å². The molecule has 0 radical (unpaired) electrons. The third-order valence-electron chi connectivity index (χ3n) is 3.02. The van der Waals surface area contributed by atoms with Crippen molar-refractivity contribution in [2.75, 3.05) is 13.2 Å². The summed E-state index contributed by atoms with van der Waals surface area (Å²) in [7, 11) is 0. The lowest BCUT2D eigenvalue weighted by molar-refractivity contribution is -0.138. The molecule has 1 aromatic carbocycles. The molecule has 0 spiro atoms. The zero-order chi connectivity index (χ0) is 14.3. The van der Waals surface area contributed by atoms with Crippen molar-refractivity contribution in [3.05, 3.63) is 35.4 Å². The Bertz CT molecular complexity index is 379. The van der Waals surface area contributed by atoms with Crippen molar-refractivity contribution in [3.8, 4) is 0 Å². The van der Waals surface area contributed by atoms with E-state index >= 15 is 0 Å². The van der Waals surface area contributed by atoms with Gasteiger partial charge in [0.1, 0.15) is 0 Å². The normalized spacial score (nSPS) is 13.5. The summed E-state index contributed by atoms with van der Waals surface area (Å²) in [5.41, 5.74) is -0.303. The van der Waals surface area contributed by atoms with Gasteiger partial charge in [-0.25, -0.2) is 0 Å². The SMILES string of the molecule is CC(NCCCCCO)c1ccccc1C(F)(F)F. The van der Waals surface area contributed by atoms with Gasteiger partial charge in [0.2, 0.25) is 0 Å². The molecule has 1 unspecified atom stereocenters. The highest BCUT2D eigenvalue weighted by Crippen LogP contribution is 2.34. The minimum atomic E-state index is -4.32. The molecule has 0 fully saturated rings. The minimum Gasteiger partial charge on any atom is -0.396 e. The lowest BCUT2D eigenvalue weighted by atomic mass is 10.0. The number of hydrogen-bond donors (Lipinski definition) is 2. The monoisotopic (exact) mass is 275 g/mol. The van der Waals surface area contributed by atoms with Crippen LogP contribution in [0.2, 0.25) is 0 Å². The van der Waals surface area contributed by atoms with E-state index in [4.69, 9.17) is 5.11 Å². The molecule has 0 aliphatic heterocycles. The van der Waals surface area contributed by atoms with E-state index in [2.05, 4.69) is 5.32 Å². The molecule has 0 aromatic heterocycles. The van der Waals surface area contributed by atoms with Crippen molar-refractivity contribution in [2.45, 2.75) is 38.4 Å². The average molecular weight is 275 g/mol. The Hall–Kier alpha value is -1.07. The summed E-state index contributed by atoms with van der Waals surface area (Å²) in [6.45, 7) is 2.54. The molecule has 0 aliphatic carbocycles. The number of rotatable bonds is 7. The Morgan fingerprint density at radius 2 is 1.84 bits per heavy atom. The Labute approximate surface area is 111 Å². The number of halogens is 3. The fourth-order valence-electron chi connectivity index (χ4n) is 1.97. The first kappa shape index (κ1) is 16.0. The van der Waals surface area contributed by atoms with Crippen molar-refractivity contribution in [3.63, 3.8) is 0 Å². The van der Waals surface area contributed by atoms with Crippen LogP contribution < -0.4 is 5.32 Å². The van der Waals surface area contributed by atoms with Gasteiger partial charge in [-0.3, -0.25) is 0 Å². The van der Waals surface area contributed by atoms with Crippen LogP contribution >= 0.6 is 0 Å². The second-order valence-corrected chi connectivity index (χ2v) is 4.55. The first-order valence-corrected chi connectivity index (χ1v) is 6.47. The summed E-state index contributed by atoms with van der Waals surface area (Å²) >= 11 is 0. The van der Waals surface area contributed by atoms with Gasteiger partial charge in [-0.05, 0) is 44.4 Å². The predicted molar refractivity (Wildman–Crippen MR) is 68.8 cm³/mol. The molecule has 1 aromatic rings. The van der Waals surface area contributed by atoms with E-state index in [1.54, 1.807) is 13.0 Å². The van der Waals surface area contributed by atoms with E-state index in [0.717, 1.165) is 25.3 Å². The molecule has 0 amide bonds. The average Bonchev–Trinajstić information content (AvgIpc) is 2.37. The molecule has 1 rings (SSSR count). The first-order valence-electron chi connectivity index (χ1n) is 6.47. The third kappa shape index (κ3) is 5.20. The third-order valence-corrected chi connectivity index (χ3v) is 3.02. The molecule has 0 bridgehead atoms. The number of alkyl halides is 3. The van der Waals surface area contributed by atoms with Crippen LogP contribution in [0.15, 0.2) is 24.3 Å². The van der Waals surface area contributed by atoms with E-state index in [-0.39, 0.29) is 18.2 Å². The molecular formula is C14H20F3NO. The zero-order valence-corrected chi connectivity index (χ0v) is 11.0. The minimum absolute atomic E-state index is 0.159. The molecule has 19 heavy (non-hydrogen) atoms. The van der Waals surface area contributed by atoms with Gasteiger partial charge in [0, 0.05) is 12.6 Å². The van der Waals surface area contributed by atoms with Crippen LogP contribution in [0.3, 0.4) is 0 Å². The summed E-state index contributed by atoms with van der Waals surface area (Å²) < 4.78 is 38.5. The maximum Gasteiger partial charge on any atom is 0.416 e. The molecule has 0 saturated carbocycles. The molecular weight excluding hydrogens is 255 g/mol. The Kier molecular flexibility index (Phi) is 6.31. The summed E-state index contributed by atoms with van der Waals surface area (Å²) in [5.74, 6) is 0. The van der Waals surface area contributed by atoms with Crippen LogP contribution in [-0.2, 0) is 6.18 Å². The molecule has 108 valence electrons. The van der Waals surface area contributed by atoms with Crippen LogP contribution in [0.4, 0.5) is 13.2 Å². The van der Waals surface area contributed by atoms with Crippen LogP contribution in [0.25, 0.3) is 0 Å². The number of nitrogens with one attached hydrogen (secondary N) is 1. The van der Waals surface area contributed by atoms with Crippen molar-refractivity contribution in [1.29, 1.82) is 0 Å². The molecule has 1 atom stereocenters. The summed E-state index contributed by atoms with van der Waals surface area (Å²) in [4.78, 5) is 0. The lowest BCUT2D eigenvalue weighted by Gasteiger charge is -2.19. The maximum atomic E-state index is 12.8. The van der Waals surface area contributed by atoms with Gasteiger partial charge in [0.15, 0.2) is 0 Å². The zero-order valence-electron chi connectivity index (χ0n) is 11.0. The van der Waals surface area contributed by atoms with E-state index < -0.39 is 11.7 Å². The van der Waals surface area contributed by atoms with Gasteiger partial charge in [0.05, 0.1) is 5.56 Å². The lowest BCUT2D eigenvalue weighted by Crippen LogP contribution is -2.23. The van der Waals surface area contributed by atoms with Gasteiger partial charge in [-0.1, -0.05) is 18.2 Å². The van der Waals surface area contributed by atoms with Crippen LogP contribution in [0.1, 0.15) is 43.4 Å². The molecule has 2 nitrogen and oxygen atoms in total. The number of aliphatic hydroxyl groups excluding tert-OH is 1. The van der Waals surface area contributed by atoms with E-state index in [0.29, 0.717) is 6.54 Å². The molecule has 0 aliphatic rings. The fourth-order valence-corrected chi connectivity index (χ4v) is 1.97. The van der Waals surface area contributed by atoms with Gasteiger partial charge >= 0.3 is 6.18 Å². The van der Waals surface area contributed by atoms with Crippen molar-refractivity contribution >= 4 is 0 Å². The summed E-state index contributed by atoms with van der Waals surface area (Å²) in [6.07, 6.45) is -1.87. The Morgan fingerprint density at radius 1 is 1.16 bits per heavy atom. The smallest absolute Gasteiger partial charge is 0.396 e. The number of unbranched alkanes of at least 4 members (excludes halogenated alkanes) is 2. The number of benzene rings is 1. The second kappa shape index (κ2) is 7.50. The predicted octanol–water partition coefficient (Wildman–Crippen LogP) is 3.52. The van der Waals surface area contributed by atoms with E-state index in [1.807, 2.05) is 0 Å². The van der Waals surface area contributed by atoms with Crippen LogP contribution in [0.5, 0.6) is 0 Å². The molecule has 0 heterocycles. The van der Waals surface area contributed by atoms with Gasteiger partial charge in [-0.15, -0.1) is 0 Å². The van der Waals surface area contributed by atoms with Gasteiger partial charge in [-0.2, -0.15) is 13.2 Å². The Balaban J connectivity index is 2.59. The number of hydrogen-bond acceptors (Lipinski definition) is 2. The summed E-state index contributed by atoms with van der Waals surface area (Å²) in [6, 6.07) is 5.30. The largest absolute Gasteiger partial charge is 0.416 e. The quantitative estimate of drug-likeness (QED) is 0.746. The van der Waals surface area contributed by atoms with E-state index in [9.17, 15) is 13.2 Å². The van der Waals surface area contributed by atoms with Crippen molar-refractivity contribution in [1.82, 2.24) is 5.32 Å². The van der Waals surface area contributed by atoms with Crippen LogP contribution in [0, 0.1) is 0 Å². The topological polar surface area (TPSA) is 32.3 Å². The Morgan fingerprint density at radius 3 is 2.47 bits per heavy atom.